The molecule has 0 amide bonds. The predicted octanol–water partition coefficient (Wildman–Crippen LogP) is 0.605. The molecule has 0 aliphatic carbocycles. The van der Waals surface area contributed by atoms with Gasteiger partial charge in [-0.2, -0.15) is 0 Å². The fourth-order valence-electron chi connectivity index (χ4n) is 1.86. The molecule has 0 radical (unpaired) electrons. The average Bonchev–Trinajstić information content (AvgIpc) is 3.01. The van der Waals surface area contributed by atoms with Crippen LogP contribution in [0.1, 0.15) is 19.5 Å². The van der Waals surface area contributed by atoms with Gasteiger partial charge in [0.05, 0.1) is 58.5 Å². The van der Waals surface area contributed by atoms with Crippen molar-refractivity contribution in [1.29, 1.82) is 0 Å². The maximum Gasteiger partial charge on any atom is 0.332 e. The van der Waals surface area contributed by atoms with E-state index < -0.39 is 7.60 Å². The van der Waals surface area contributed by atoms with Gasteiger partial charge < -0.3 is 24.3 Å². The summed E-state index contributed by atoms with van der Waals surface area (Å²) >= 11 is 0. The van der Waals surface area contributed by atoms with Crippen LogP contribution in [0.2, 0.25) is 0 Å². The number of nitrogens with two attached hydrogens (primary N) is 1. The lowest BCUT2D eigenvalue weighted by Crippen LogP contribution is -2.19. The summed E-state index contributed by atoms with van der Waals surface area (Å²) in [6.45, 7) is 5.49. The standard InChI is InChI=1S/C14H27N4O6P/c1-3-23-25(20,24-4-2)8-7-21-5-6-22-12-13-10-18(17-16-13)11-14(19)9-15/h10H,3-9,11-12,15H2,1-2H3. The Hall–Kier alpha value is -1.16. The van der Waals surface area contributed by atoms with Crippen molar-refractivity contribution in [2.75, 3.05) is 45.7 Å². The molecule has 1 heterocycles. The highest BCUT2D eigenvalue weighted by molar-refractivity contribution is 7.53. The van der Waals surface area contributed by atoms with Gasteiger partial charge in [0, 0.05) is 0 Å². The molecule has 1 aromatic heterocycles. The molecular weight excluding hydrogens is 351 g/mol. The zero-order valence-corrected chi connectivity index (χ0v) is 15.7. The second-order valence-corrected chi connectivity index (χ2v) is 7.17. The molecular formula is C14H27N4O6P. The third-order valence-corrected chi connectivity index (χ3v) is 4.97. The number of rotatable bonds is 15. The predicted molar refractivity (Wildman–Crippen MR) is 90.3 cm³/mol. The summed E-state index contributed by atoms with van der Waals surface area (Å²) in [6, 6.07) is 0. The van der Waals surface area contributed by atoms with Crippen LogP contribution in [0, 0.1) is 0 Å². The molecule has 2 N–H and O–H groups in total. The molecule has 1 rings (SSSR count). The summed E-state index contributed by atoms with van der Waals surface area (Å²) in [5, 5.41) is 7.71. The Morgan fingerprint density at radius 2 is 1.88 bits per heavy atom. The van der Waals surface area contributed by atoms with Gasteiger partial charge in [0.15, 0.2) is 5.78 Å². The molecule has 0 fully saturated rings. The van der Waals surface area contributed by atoms with Gasteiger partial charge in [-0.05, 0) is 13.8 Å². The van der Waals surface area contributed by atoms with Crippen LogP contribution in [-0.4, -0.2) is 66.5 Å². The maximum atomic E-state index is 12.2. The van der Waals surface area contributed by atoms with E-state index in [0.29, 0.717) is 32.1 Å². The molecule has 25 heavy (non-hydrogen) atoms. The van der Waals surface area contributed by atoms with E-state index in [4.69, 9.17) is 24.3 Å². The second-order valence-electron chi connectivity index (χ2n) is 4.99. The lowest BCUT2D eigenvalue weighted by atomic mass is 10.4. The highest BCUT2D eigenvalue weighted by Gasteiger charge is 2.22. The first kappa shape index (κ1) is 21.9. The number of Topliss-reactive ketones (excluding diaryl/α,β-unsaturated/α-hetero) is 1. The first-order valence-corrected chi connectivity index (χ1v) is 9.90. The number of nitrogens with zero attached hydrogens (tertiary/aromatic N) is 3. The molecule has 0 aliphatic rings. The number of ketones is 1. The fourth-order valence-corrected chi connectivity index (χ4v) is 3.33. The molecule has 0 aromatic carbocycles. The zero-order valence-electron chi connectivity index (χ0n) is 14.8. The van der Waals surface area contributed by atoms with Crippen molar-refractivity contribution in [2.24, 2.45) is 5.73 Å². The van der Waals surface area contributed by atoms with E-state index in [2.05, 4.69) is 10.3 Å². The van der Waals surface area contributed by atoms with Crippen molar-refractivity contribution in [2.45, 2.75) is 27.0 Å². The molecule has 0 bridgehead atoms. The quantitative estimate of drug-likeness (QED) is 0.345. The van der Waals surface area contributed by atoms with Gasteiger partial charge >= 0.3 is 7.60 Å². The van der Waals surface area contributed by atoms with Gasteiger partial charge in [-0.1, -0.05) is 5.21 Å². The summed E-state index contributed by atoms with van der Waals surface area (Å²) in [5.41, 5.74) is 5.86. The third-order valence-electron chi connectivity index (χ3n) is 2.94. The number of ether oxygens (including phenoxy) is 2. The molecule has 10 nitrogen and oxygen atoms in total. The van der Waals surface area contributed by atoms with Crippen molar-refractivity contribution in [3.8, 4) is 0 Å². The number of carbonyl (C=O) groups excluding carboxylic acids is 1. The van der Waals surface area contributed by atoms with E-state index in [1.807, 2.05) is 0 Å². The SMILES string of the molecule is CCOP(=O)(CCOCCOCc1cn(CC(=O)CN)nn1)OCC. The van der Waals surface area contributed by atoms with E-state index >= 15 is 0 Å². The fraction of sp³-hybridized carbons (Fsp3) is 0.786. The van der Waals surface area contributed by atoms with E-state index in [1.54, 1.807) is 20.0 Å². The molecule has 1 aromatic rings. The normalized spacial score (nSPS) is 11.8. The smallest absolute Gasteiger partial charge is 0.332 e. The minimum Gasteiger partial charge on any atom is -0.378 e. The van der Waals surface area contributed by atoms with Crippen LogP contribution in [0.5, 0.6) is 0 Å². The van der Waals surface area contributed by atoms with Gasteiger partial charge in [-0.3, -0.25) is 9.36 Å². The van der Waals surface area contributed by atoms with Crippen molar-refractivity contribution in [3.05, 3.63) is 11.9 Å². The third kappa shape index (κ3) is 9.20. The van der Waals surface area contributed by atoms with Crippen molar-refractivity contribution in [3.63, 3.8) is 0 Å². The Balaban J connectivity index is 2.14. The van der Waals surface area contributed by atoms with Crippen LogP contribution >= 0.6 is 7.60 Å². The Kier molecular flexibility index (Phi) is 10.7. The summed E-state index contributed by atoms with van der Waals surface area (Å²) in [7, 11) is -3.06. The Morgan fingerprint density at radius 3 is 2.52 bits per heavy atom. The van der Waals surface area contributed by atoms with Crippen LogP contribution in [-0.2, 0) is 41.0 Å². The summed E-state index contributed by atoms with van der Waals surface area (Å²) in [6.07, 6.45) is 1.84. The van der Waals surface area contributed by atoms with Crippen LogP contribution in [0.4, 0.5) is 0 Å². The molecule has 0 saturated heterocycles. The first-order valence-electron chi connectivity index (χ1n) is 8.17. The highest BCUT2D eigenvalue weighted by atomic mass is 31.2. The number of hydrogen-bond donors (Lipinski definition) is 1. The van der Waals surface area contributed by atoms with Crippen LogP contribution in [0.3, 0.4) is 0 Å². The van der Waals surface area contributed by atoms with Crippen molar-refractivity contribution < 1.29 is 27.9 Å². The number of carbonyl (C=O) groups is 1. The van der Waals surface area contributed by atoms with Crippen molar-refractivity contribution >= 4 is 13.4 Å². The van der Waals surface area contributed by atoms with Gasteiger partial charge in [0.1, 0.15) is 12.2 Å². The van der Waals surface area contributed by atoms with E-state index in [0.717, 1.165) is 0 Å². The summed E-state index contributed by atoms with van der Waals surface area (Å²) in [4.78, 5) is 11.2. The molecule has 0 atom stereocenters. The number of aromatic nitrogens is 3. The van der Waals surface area contributed by atoms with Crippen molar-refractivity contribution in [1.82, 2.24) is 15.0 Å². The van der Waals surface area contributed by atoms with E-state index in [9.17, 15) is 9.36 Å². The zero-order chi connectivity index (χ0) is 18.5. The minimum atomic E-state index is -3.06. The van der Waals surface area contributed by atoms with Gasteiger partial charge in [0.2, 0.25) is 0 Å². The van der Waals surface area contributed by atoms with E-state index in [1.165, 1.54) is 4.68 Å². The molecule has 0 spiro atoms. The maximum absolute atomic E-state index is 12.2. The van der Waals surface area contributed by atoms with Gasteiger partial charge in [-0.25, -0.2) is 4.68 Å². The van der Waals surface area contributed by atoms with Crippen LogP contribution < -0.4 is 5.73 Å². The second kappa shape index (κ2) is 12.2. The largest absolute Gasteiger partial charge is 0.378 e. The van der Waals surface area contributed by atoms with Crippen LogP contribution in [0.25, 0.3) is 0 Å². The first-order chi connectivity index (χ1) is 12.0. The average molecular weight is 378 g/mol. The monoisotopic (exact) mass is 378 g/mol. The molecule has 11 heteroatoms. The minimum absolute atomic E-state index is 0.0252. The highest BCUT2D eigenvalue weighted by Crippen LogP contribution is 2.47. The number of hydrogen-bond acceptors (Lipinski definition) is 9. The molecule has 144 valence electrons. The van der Waals surface area contributed by atoms with Gasteiger partial charge in [0.25, 0.3) is 0 Å². The Morgan fingerprint density at radius 1 is 1.20 bits per heavy atom. The molecule has 0 unspecified atom stereocenters. The lowest BCUT2D eigenvalue weighted by Gasteiger charge is -2.16. The lowest BCUT2D eigenvalue weighted by molar-refractivity contribution is -0.118. The molecule has 0 aliphatic heterocycles. The summed E-state index contributed by atoms with van der Waals surface area (Å²) < 4.78 is 34.7. The Labute approximate surface area is 147 Å². The van der Waals surface area contributed by atoms with E-state index in [-0.39, 0.29) is 38.2 Å². The van der Waals surface area contributed by atoms with Gasteiger partial charge in [-0.15, -0.1) is 5.10 Å². The topological polar surface area (TPSA) is 128 Å². The summed E-state index contributed by atoms with van der Waals surface area (Å²) in [5.74, 6) is -0.123. The Bertz CT molecular complexity index is 543. The molecule has 0 saturated carbocycles. The van der Waals surface area contributed by atoms with Crippen LogP contribution in [0.15, 0.2) is 6.20 Å².